The Morgan fingerprint density at radius 1 is 1.33 bits per heavy atom. The molecule has 1 fully saturated rings. The van der Waals surface area contributed by atoms with Gasteiger partial charge in [-0.3, -0.25) is 0 Å². The van der Waals surface area contributed by atoms with Gasteiger partial charge in [-0.25, -0.2) is 14.2 Å². The van der Waals surface area contributed by atoms with E-state index >= 15 is 0 Å². The van der Waals surface area contributed by atoms with Crippen LogP contribution in [0.25, 0.3) is 0 Å². The van der Waals surface area contributed by atoms with E-state index in [2.05, 4.69) is 21.5 Å². The SMILES string of the molecule is Fc1ccccc1.O=C1N[C@H](c2cc(C#CSI)cnc2F)CO1. The number of nitrogens with zero attached hydrogens (tertiary/aromatic N) is 1. The summed E-state index contributed by atoms with van der Waals surface area (Å²) in [5, 5.41) is 5.28. The number of hydrogen-bond acceptors (Lipinski definition) is 4. The van der Waals surface area contributed by atoms with Gasteiger partial charge in [-0.05, 0) is 32.4 Å². The van der Waals surface area contributed by atoms with Gasteiger partial charge in [-0.1, -0.05) is 24.1 Å². The second-order valence-electron chi connectivity index (χ2n) is 4.50. The third-order valence-electron chi connectivity index (χ3n) is 2.88. The maximum Gasteiger partial charge on any atom is 0.407 e. The highest BCUT2D eigenvalue weighted by atomic mass is 127. The van der Waals surface area contributed by atoms with Gasteiger partial charge >= 0.3 is 6.09 Å². The Bertz CT molecular complexity index is 766. The van der Waals surface area contributed by atoms with E-state index in [9.17, 15) is 13.6 Å². The van der Waals surface area contributed by atoms with Crippen LogP contribution in [0.5, 0.6) is 0 Å². The molecule has 0 radical (unpaired) electrons. The molecule has 1 atom stereocenters. The van der Waals surface area contributed by atoms with Crippen LogP contribution in [0.3, 0.4) is 0 Å². The van der Waals surface area contributed by atoms with Gasteiger partial charge in [-0.2, -0.15) is 4.39 Å². The van der Waals surface area contributed by atoms with Crippen molar-refractivity contribution in [3.63, 3.8) is 0 Å². The predicted molar refractivity (Wildman–Crippen MR) is 96.3 cm³/mol. The molecule has 1 aromatic carbocycles. The standard InChI is InChI=1S/C10H6FIN2O2S.C6H5F/c11-9-7(8-5-16-10(15)14-8)3-6(4-13-9)1-2-17-12;7-6-4-2-1-3-5-6/h3-4,8H,5H2,(H,14,15);1-5H/t8-;/m0./s1. The van der Waals surface area contributed by atoms with Gasteiger partial charge in [0.2, 0.25) is 5.95 Å². The van der Waals surface area contributed by atoms with Gasteiger partial charge < -0.3 is 10.1 Å². The summed E-state index contributed by atoms with van der Waals surface area (Å²) in [6, 6.07) is 9.01. The molecular weight excluding hydrogens is 449 g/mol. The van der Waals surface area contributed by atoms with Gasteiger partial charge in [-0.15, -0.1) is 0 Å². The van der Waals surface area contributed by atoms with Crippen LogP contribution in [0.2, 0.25) is 0 Å². The van der Waals surface area contributed by atoms with Crippen molar-refractivity contribution in [1.29, 1.82) is 0 Å². The largest absolute Gasteiger partial charge is 0.447 e. The summed E-state index contributed by atoms with van der Waals surface area (Å²) < 4.78 is 30.1. The third kappa shape index (κ3) is 5.65. The number of benzene rings is 1. The Morgan fingerprint density at radius 2 is 2.08 bits per heavy atom. The Kier molecular flexibility index (Phi) is 7.27. The van der Waals surface area contributed by atoms with Crippen molar-refractivity contribution in [2.75, 3.05) is 6.61 Å². The van der Waals surface area contributed by atoms with E-state index in [0.29, 0.717) is 11.1 Å². The second kappa shape index (κ2) is 9.44. The molecule has 24 heavy (non-hydrogen) atoms. The number of cyclic esters (lactones) is 1. The van der Waals surface area contributed by atoms with Crippen LogP contribution in [0.15, 0.2) is 42.6 Å². The predicted octanol–water partition coefficient (Wildman–Crippen LogP) is 4.22. The van der Waals surface area contributed by atoms with Crippen LogP contribution >= 0.6 is 30.1 Å². The van der Waals surface area contributed by atoms with Crippen LogP contribution in [0.1, 0.15) is 17.2 Å². The number of rotatable bonds is 1. The molecule has 2 aromatic rings. The minimum absolute atomic E-state index is 0.106. The zero-order valence-electron chi connectivity index (χ0n) is 12.1. The number of halogens is 3. The minimum atomic E-state index is -0.617. The van der Waals surface area contributed by atoms with Gasteiger partial charge in [0.25, 0.3) is 0 Å². The minimum Gasteiger partial charge on any atom is -0.447 e. The molecule has 2 heterocycles. The molecule has 0 unspecified atom stereocenters. The number of nitrogens with one attached hydrogen (secondary N) is 1. The highest BCUT2D eigenvalue weighted by molar-refractivity contribution is 14.2. The van der Waals surface area contributed by atoms with E-state index in [-0.39, 0.29) is 12.4 Å². The lowest BCUT2D eigenvalue weighted by Crippen LogP contribution is -2.19. The van der Waals surface area contributed by atoms with E-state index < -0.39 is 18.1 Å². The molecule has 124 valence electrons. The molecule has 0 bridgehead atoms. The third-order valence-corrected chi connectivity index (χ3v) is 3.72. The Balaban J connectivity index is 0.000000249. The van der Waals surface area contributed by atoms with Crippen molar-refractivity contribution in [3.8, 4) is 11.2 Å². The smallest absolute Gasteiger partial charge is 0.407 e. The van der Waals surface area contributed by atoms with Crippen LogP contribution in [0, 0.1) is 22.9 Å². The zero-order valence-corrected chi connectivity index (χ0v) is 15.1. The summed E-state index contributed by atoms with van der Waals surface area (Å²) in [4.78, 5) is 14.5. The van der Waals surface area contributed by atoms with Crippen LogP contribution in [-0.2, 0) is 4.74 Å². The van der Waals surface area contributed by atoms with Gasteiger partial charge in [0.05, 0.1) is 6.04 Å². The summed E-state index contributed by atoms with van der Waals surface area (Å²) in [5.74, 6) is 2.02. The summed E-state index contributed by atoms with van der Waals surface area (Å²) in [7, 11) is 1.33. The highest BCUT2D eigenvalue weighted by Crippen LogP contribution is 2.21. The fraction of sp³-hybridized carbons (Fsp3) is 0.125. The molecule has 3 rings (SSSR count). The fourth-order valence-electron chi connectivity index (χ4n) is 1.82. The first kappa shape index (κ1) is 18.5. The van der Waals surface area contributed by atoms with Crippen molar-refractivity contribution in [3.05, 3.63) is 65.5 Å². The number of alkyl carbamates (subject to hydrolysis) is 1. The van der Waals surface area contributed by atoms with Crippen LogP contribution < -0.4 is 5.32 Å². The molecule has 0 spiro atoms. The monoisotopic (exact) mass is 460 g/mol. The molecule has 8 heteroatoms. The summed E-state index contributed by atoms with van der Waals surface area (Å²) in [5.41, 5.74) is 0.896. The maximum atomic E-state index is 13.5. The zero-order chi connectivity index (χ0) is 17.4. The number of carbonyl (C=O) groups is 1. The van der Waals surface area contributed by atoms with Gasteiger partial charge in [0.15, 0.2) is 0 Å². The van der Waals surface area contributed by atoms with E-state index in [4.69, 9.17) is 4.74 Å². The molecule has 1 aromatic heterocycles. The Labute approximate surface area is 154 Å². The van der Waals surface area contributed by atoms with Gasteiger partial charge in [0.1, 0.15) is 12.4 Å². The topological polar surface area (TPSA) is 51.2 Å². The van der Waals surface area contributed by atoms with Crippen LogP contribution in [-0.4, -0.2) is 17.7 Å². The quantitative estimate of drug-likeness (QED) is 0.394. The number of ether oxygens (including phenoxy) is 1. The number of hydrogen-bond donors (Lipinski definition) is 1. The molecule has 4 nitrogen and oxygen atoms in total. The lowest BCUT2D eigenvalue weighted by atomic mass is 10.1. The average Bonchev–Trinajstić information content (AvgIpc) is 3.02. The van der Waals surface area contributed by atoms with Crippen molar-refractivity contribution in [1.82, 2.24) is 10.3 Å². The highest BCUT2D eigenvalue weighted by Gasteiger charge is 2.26. The summed E-state index contributed by atoms with van der Waals surface area (Å²) >= 11 is 2.04. The lowest BCUT2D eigenvalue weighted by molar-refractivity contribution is 0.176. The normalized spacial score (nSPS) is 15.3. The number of amides is 1. The molecular formula is C16H11F2IN2O2S. The lowest BCUT2D eigenvalue weighted by Gasteiger charge is -2.08. The first-order valence-corrected chi connectivity index (χ1v) is 10.0. The summed E-state index contributed by atoms with van der Waals surface area (Å²) in [6.45, 7) is 0.106. The van der Waals surface area contributed by atoms with E-state index in [1.165, 1.54) is 27.3 Å². The first-order chi connectivity index (χ1) is 11.6. The molecule has 0 saturated carbocycles. The molecule has 1 amide bonds. The average molecular weight is 460 g/mol. The second-order valence-corrected chi connectivity index (χ2v) is 6.18. The molecule has 1 aliphatic rings. The fourth-order valence-corrected chi connectivity index (χ4v) is 2.31. The van der Waals surface area contributed by atoms with Crippen molar-refractivity contribution in [2.24, 2.45) is 0 Å². The van der Waals surface area contributed by atoms with Crippen molar-refractivity contribution in [2.45, 2.75) is 6.04 Å². The molecule has 1 saturated heterocycles. The maximum absolute atomic E-state index is 13.5. The number of pyridine rings is 1. The Morgan fingerprint density at radius 3 is 2.62 bits per heavy atom. The number of aromatic nitrogens is 1. The van der Waals surface area contributed by atoms with Crippen LogP contribution in [0.4, 0.5) is 13.6 Å². The van der Waals surface area contributed by atoms with Gasteiger partial charge in [0, 0.05) is 38.5 Å². The van der Waals surface area contributed by atoms with E-state index in [1.807, 2.05) is 21.2 Å². The van der Waals surface area contributed by atoms with E-state index in [1.54, 1.807) is 24.3 Å². The Hall–Kier alpha value is -1.86. The number of carbonyl (C=O) groups excluding carboxylic acids is 1. The van der Waals surface area contributed by atoms with Crippen molar-refractivity contribution < 1.29 is 18.3 Å². The first-order valence-electron chi connectivity index (χ1n) is 6.68. The van der Waals surface area contributed by atoms with E-state index in [0.717, 1.165) is 0 Å². The molecule has 0 aliphatic carbocycles. The summed E-state index contributed by atoms with van der Waals surface area (Å²) in [6.07, 6.45) is 0.810. The molecule has 1 N–H and O–H groups in total. The molecule has 1 aliphatic heterocycles. The van der Waals surface area contributed by atoms with Crippen molar-refractivity contribution >= 4 is 36.2 Å².